The normalized spacial score (nSPS) is 11.6. The number of methoxy groups -OCH3 is 2. The fourth-order valence-corrected chi connectivity index (χ4v) is 2.18. The monoisotopic (exact) mass is 346 g/mol. The Labute approximate surface area is 143 Å². The van der Waals surface area contributed by atoms with Crippen molar-refractivity contribution in [3.05, 3.63) is 71.3 Å². The highest BCUT2D eigenvalue weighted by Crippen LogP contribution is 2.24. The number of aliphatic carboxylic acids is 1. The topological polar surface area (TPSA) is 55.8 Å². The number of carboxylic acid groups (broad SMARTS) is 1. The molecule has 0 saturated carbocycles. The van der Waals surface area contributed by atoms with Crippen LogP contribution in [-0.2, 0) is 4.79 Å². The fourth-order valence-electron chi connectivity index (χ4n) is 2.18. The Kier molecular flexibility index (Phi) is 5.89. The summed E-state index contributed by atoms with van der Waals surface area (Å²) in [5.74, 6) is -2.32. The van der Waals surface area contributed by atoms with Crippen LogP contribution in [0.15, 0.2) is 48.6 Å². The van der Waals surface area contributed by atoms with Crippen LogP contribution in [0.4, 0.5) is 8.78 Å². The van der Waals surface area contributed by atoms with Crippen molar-refractivity contribution in [2.45, 2.75) is 0 Å². The smallest absolute Gasteiger partial charge is 0.336 e. The second kappa shape index (κ2) is 8.10. The van der Waals surface area contributed by atoms with E-state index in [1.54, 1.807) is 6.07 Å². The lowest BCUT2D eigenvalue weighted by Gasteiger charge is -2.06. The Morgan fingerprint density at radius 3 is 2.44 bits per heavy atom. The molecule has 0 aliphatic heterocycles. The Balaban J connectivity index is 2.37. The highest BCUT2D eigenvalue weighted by Gasteiger charge is 2.12. The Morgan fingerprint density at radius 2 is 1.80 bits per heavy atom. The highest BCUT2D eigenvalue weighted by molar-refractivity contribution is 6.15. The molecule has 0 radical (unpaired) electrons. The summed E-state index contributed by atoms with van der Waals surface area (Å²) in [5.41, 5.74) is 0.427. The van der Waals surface area contributed by atoms with Crippen LogP contribution in [0, 0.1) is 11.6 Å². The Bertz CT molecular complexity index is 841. The van der Waals surface area contributed by atoms with Gasteiger partial charge in [0.2, 0.25) is 0 Å². The molecule has 2 rings (SSSR count). The van der Waals surface area contributed by atoms with E-state index in [1.807, 2.05) is 0 Å². The lowest BCUT2D eigenvalue weighted by atomic mass is 10.0. The number of carbonyl (C=O) groups is 1. The highest BCUT2D eigenvalue weighted by atomic mass is 19.1. The number of ether oxygens (including phenoxy) is 2. The average Bonchev–Trinajstić information content (AvgIpc) is 2.60. The van der Waals surface area contributed by atoms with Crippen LogP contribution in [-0.4, -0.2) is 25.3 Å². The van der Waals surface area contributed by atoms with Gasteiger partial charge in [-0.05, 0) is 29.8 Å². The van der Waals surface area contributed by atoms with Gasteiger partial charge in [0.25, 0.3) is 0 Å². The summed E-state index contributed by atoms with van der Waals surface area (Å²) in [7, 11) is 2.65. The zero-order chi connectivity index (χ0) is 18.4. The molecule has 2 aromatic carbocycles. The van der Waals surface area contributed by atoms with Gasteiger partial charge >= 0.3 is 5.97 Å². The van der Waals surface area contributed by atoms with Crippen LogP contribution in [0.3, 0.4) is 0 Å². The largest absolute Gasteiger partial charge is 0.494 e. The van der Waals surface area contributed by atoms with Gasteiger partial charge in [-0.3, -0.25) is 0 Å². The van der Waals surface area contributed by atoms with Crippen LogP contribution < -0.4 is 9.47 Å². The standard InChI is InChI=1S/C19H16F2O4/c1-24-16-8-4-6-12(18(16)21)5-3-7-14(19(22)23)13-9-10-15(20)17(11-13)25-2/h3-11H,1-2H3,(H,22,23)/b5-3+,14-7?. The predicted octanol–water partition coefficient (Wildman–Crippen LogP) is 4.16. The third-order valence-electron chi connectivity index (χ3n) is 3.44. The van der Waals surface area contributed by atoms with Crippen LogP contribution in [0.2, 0.25) is 0 Å². The molecule has 0 amide bonds. The number of hydrogen-bond donors (Lipinski definition) is 1. The van der Waals surface area contributed by atoms with Gasteiger partial charge < -0.3 is 14.6 Å². The summed E-state index contributed by atoms with van der Waals surface area (Å²) < 4.78 is 37.3. The van der Waals surface area contributed by atoms with Crippen LogP contribution >= 0.6 is 0 Å². The first kappa shape index (κ1) is 18.2. The van der Waals surface area contributed by atoms with Gasteiger partial charge in [0.1, 0.15) is 0 Å². The van der Waals surface area contributed by atoms with Crippen molar-refractivity contribution in [3.8, 4) is 11.5 Å². The average molecular weight is 346 g/mol. The molecule has 0 atom stereocenters. The summed E-state index contributed by atoms with van der Waals surface area (Å²) in [6.07, 6.45) is 4.12. The number of hydrogen-bond acceptors (Lipinski definition) is 3. The quantitative estimate of drug-likeness (QED) is 0.630. The van der Waals surface area contributed by atoms with E-state index in [1.165, 1.54) is 56.7 Å². The molecule has 4 nitrogen and oxygen atoms in total. The molecule has 0 aliphatic carbocycles. The first-order valence-electron chi connectivity index (χ1n) is 7.26. The first-order valence-corrected chi connectivity index (χ1v) is 7.26. The summed E-state index contributed by atoms with van der Waals surface area (Å²) in [6, 6.07) is 8.37. The lowest BCUT2D eigenvalue weighted by Crippen LogP contribution is -2.00. The molecule has 0 bridgehead atoms. The molecule has 0 unspecified atom stereocenters. The summed E-state index contributed by atoms with van der Waals surface area (Å²) >= 11 is 0. The van der Waals surface area contributed by atoms with E-state index in [0.29, 0.717) is 0 Å². The minimum Gasteiger partial charge on any atom is -0.494 e. The van der Waals surface area contributed by atoms with Gasteiger partial charge in [-0.1, -0.05) is 30.4 Å². The molecule has 1 N–H and O–H groups in total. The predicted molar refractivity (Wildman–Crippen MR) is 90.6 cm³/mol. The molecule has 0 heterocycles. The molecule has 0 saturated heterocycles. The molecular weight excluding hydrogens is 330 g/mol. The second-order valence-corrected chi connectivity index (χ2v) is 4.96. The molecule has 25 heavy (non-hydrogen) atoms. The second-order valence-electron chi connectivity index (χ2n) is 4.96. The maximum Gasteiger partial charge on any atom is 0.336 e. The van der Waals surface area contributed by atoms with E-state index >= 15 is 0 Å². The van der Waals surface area contributed by atoms with E-state index < -0.39 is 17.6 Å². The van der Waals surface area contributed by atoms with E-state index in [2.05, 4.69) is 0 Å². The van der Waals surface area contributed by atoms with E-state index in [4.69, 9.17) is 9.47 Å². The maximum atomic E-state index is 14.1. The zero-order valence-corrected chi connectivity index (χ0v) is 13.6. The van der Waals surface area contributed by atoms with Gasteiger partial charge in [-0.25, -0.2) is 13.6 Å². The van der Waals surface area contributed by atoms with Crippen molar-refractivity contribution < 1.29 is 28.2 Å². The SMILES string of the molecule is COc1cc(C(=C/C=C/c2cccc(OC)c2F)C(=O)O)ccc1F. The summed E-state index contributed by atoms with van der Waals surface area (Å²) in [5, 5.41) is 9.36. The number of benzene rings is 2. The van der Waals surface area contributed by atoms with Crippen LogP contribution in [0.1, 0.15) is 11.1 Å². The molecule has 6 heteroatoms. The molecule has 2 aromatic rings. The van der Waals surface area contributed by atoms with Crippen molar-refractivity contribution in [1.82, 2.24) is 0 Å². The fraction of sp³-hybridized carbons (Fsp3) is 0.105. The Hall–Kier alpha value is -3.15. The van der Waals surface area contributed by atoms with E-state index in [9.17, 15) is 18.7 Å². The molecule has 130 valence electrons. The van der Waals surface area contributed by atoms with E-state index in [-0.39, 0.29) is 28.2 Å². The van der Waals surface area contributed by atoms with Gasteiger partial charge in [0.15, 0.2) is 23.1 Å². The number of carboxylic acids is 1. The van der Waals surface area contributed by atoms with Crippen molar-refractivity contribution >= 4 is 17.6 Å². The van der Waals surface area contributed by atoms with Crippen LogP contribution in [0.25, 0.3) is 11.6 Å². The summed E-state index contributed by atoms with van der Waals surface area (Å²) in [6.45, 7) is 0. The minimum absolute atomic E-state index is 0.0625. The van der Waals surface area contributed by atoms with E-state index in [0.717, 1.165) is 6.07 Å². The Morgan fingerprint density at radius 1 is 1.08 bits per heavy atom. The van der Waals surface area contributed by atoms with Gasteiger partial charge in [-0.15, -0.1) is 0 Å². The molecular formula is C19H16F2O4. The van der Waals surface area contributed by atoms with Crippen molar-refractivity contribution in [2.24, 2.45) is 0 Å². The van der Waals surface area contributed by atoms with Gasteiger partial charge in [-0.2, -0.15) is 0 Å². The minimum atomic E-state index is -1.20. The molecule has 0 aromatic heterocycles. The molecule has 0 aliphatic rings. The third-order valence-corrected chi connectivity index (χ3v) is 3.44. The van der Waals surface area contributed by atoms with Crippen molar-refractivity contribution in [3.63, 3.8) is 0 Å². The molecule has 0 spiro atoms. The number of halogens is 2. The number of rotatable bonds is 6. The van der Waals surface area contributed by atoms with Crippen LogP contribution in [0.5, 0.6) is 11.5 Å². The summed E-state index contributed by atoms with van der Waals surface area (Å²) in [4.78, 5) is 11.5. The first-order chi connectivity index (χ1) is 12.0. The molecule has 0 fully saturated rings. The van der Waals surface area contributed by atoms with Crippen molar-refractivity contribution in [2.75, 3.05) is 14.2 Å². The van der Waals surface area contributed by atoms with Gasteiger partial charge in [0, 0.05) is 5.56 Å². The lowest BCUT2D eigenvalue weighted by molar-refractivity contribution is -0.130. The maximum absolute atomic E-state index is 14.1. The van der Waals surface area contributed by atoms with Crippen molar-refractivity contribution in [1.29, 1.82) is 0 Å². The zero-order valence-electron chi connectivity index (χ0n) is 13.6. The number of allylic oxidation sites excluding steroid dienone is 2. The third kappa shape index (κ3) is 4.23. The van der Waals surface area contributed by atoms with Gasteiger partial charge in [0.05, 0.1) is 19.8 Å².